The fourth-order valence-electron chi connectivity index (χ4n) is 3.44. The Morgan fingerprint density at radius 3 is 0.952 bits per heavy atom. The summed E-state index contributed by atoms with van der Waals surface area (Å²) in [5, 5.41) is 38.5. The second-order valence-electron chi connectivity index (χ2n) is 7.71. The summed E-state index contributed by atoms with van der Waals surface area (Å²) < 4.78 is 1.82. The first-order valence-corrected chi connectivity index (χ1v) is 15.2. The Morgan fingerprint density at radius 2 is 0.714 bits per heavy atom. The zero-order valence-corrected chi connectivity index (χ0v) is 32.7. The summed E-state index contributed by atoms with van der Waals surface area (Å²) >= 11 is 23.7. The summed E-state index contributed by atoms with van der Waals surface area (Å²) in [7, 11) is 0. The Kier molecular flexibility index (Phi) is 17.3. The maximum atomic E-state index is 11.6. The first kappa shape index (κ1) is 39.9. The fourth-order valence-corrected chi connectivity index (χ4v) is 6.48. The molecule has 0 aliphatic carbocycles. The van der Waals surface area contributed by atoms with Gasteiger partial charge in [0, 0.05) is 96.7 Å². The SMILES string of the molecule is [Mn].[Mn].[Mn].[O-]c1c(I)cc(Cl)c2cccnc12.[O-]c1c(I)cc(Cl)c2cccnc12.[O-]c1c(I)cc(Cl)c2cccnc12. The van der Waals surface area contributed by atoms with Gasteiger partial charge in [-0.15, -0.1) is 0 Å². The first-order valence-electron chi connectivity index (χ1n) is 10.8. The van der Waals surface area contributed by atoms with Crippen LogP contribution in [-0.4, -0.2) is 15.0 Å². The summed E-state index contributed by atoms with van der Waals surface area (Å²) in [5.41, 5.74) is 1.33. The van der Waals surface area contributed by atoms with E-state index in [0.29, 0.717) is 42.3 Å². The topological polar surface area (TPSA) is 108 Å². The summed E-state index contributed by atoms with van der Waals surface area (Å²) in [6.45, 7) is 0. The molecule has 3 heterocycles. The average molecular weight is 1080 g/mol. The summed E-state index contributed by atoms with van der Waals surface area (Å²) in [5.74, 6) is -0.165. The Balaban J connectivity index is 0.000000304. The molecule has 0 saturated carbocycles. The molecule has 0 aliphatic heterocycles. The van der Waals surface area contributed by atoms with E-state index in [1.54, 1.807) is 73.2 Å². The minimum Gasteiger partial charge on any atom is -0.870 e. The molecule has 0 aliphatic rings. The maximum absolute atomic E-state index is 11.6. The van der Waals surface area contributed by atoms with Crippen LogP contribution >= 0.6 is 103 Å². The molecule has 0 saturated heterocycles. The molecule has 0 bridgehead atoms. The van der Waals surface area contributed by atoms with Gasteiger partial charge in [0.25, 0.3) is 0 Å². The Hall–Kier alpha value is -0.0916. The van der Waals surface area contributed by atoms with Gasteiger partial charge in [-0.2, -0.15) is 0 Å². The predicted octanol–water partition coefficient (Wildman–Crippen LogP) is 7.69. The quantitative estimate of drug-likeness (QED) is 0.114. The van der Waals surface area contributed by atoms with Crippen LogP contribution in [0.15, 0.2) is 73.2 Å². The van der Waals surface area contributed by atoms with Gasteiger partial charge in [0.2, 0.25) is 0 Å². The predicted molar refractivity (Wildman–Crippen MR) is 177 cm³/mol. The van der Waals surface area contributed by atoms with Crippen LogP contribution < -0.4 is 15.3 Å². The molecule has 15 heteroatoms. The van der Waals surface area contributed by atoms with Crippen LogP contribution in [0, 0.1) is 10.7 Å². The van der Waals surface area contributed by atoms with E-state index in [4.69, 9.17) is 34.8 Å². The van der Waals surface area contributed by atoms with Gasteiger partial charge in [0.15, 0.2) is 0 Å². The number of rotatable bonds is 0. The van der Waals surface area contributed by atoms with Crippen molar-refractivity contribution in [3.63, 3.8) is 0 Å². The van der Waals surface area contributed by atoms with E-state index in [9.17, 15) is 15.3 Å². The van der Waals surface area contributed by atoms with E-state index >= 15 is 0 Å². The molecule has 6 nitrogen and oxygen atoms in total. The average Bonchev–Trinajstić information content (AvgIpc) is 2.94. The van der Waals surface area contributed by atoms with E-state index < -0.39 is 0 Å². The van der Waals surface area contributed by atoms with Crippen molar-refractivity contribution >= 4 is 135 Å². The molecule has 0 fully saturated rings. The number of aromatic nitrogens is 3. The van der Waals surface area contributed by atoms with E-state index in [1.165, 1.54) is 0 Å². The monoisotopic (exact) mass is 1080 g/mol. The van der Waals surface area contributed by atoms with Gasteiger partial charge >= 0.3 is 0 Å². The van der Waals surface area contributed by atoms with E-state index in [0.717, 1.165) is 16.2 Å². The minimum atomic E-state index is -0.0550. The van der Waals surface area contributed by atoms with Crippen LogP contribution in [0.2, 0.25) is 15.1 Å². The van der Waals surface area contributed by atoms with Crippen molar-refractivity contribution in [1.82, 2.24) is 15.0 Å². The van der Waals surface area contributed by atoms with Gasteiger partial charge in [0.05, 0.1) is 31.6 Å². The van der Waals surface area contributed by atoms with E-state index in [1.807, 2.05) is 67.8 Å². The number of halogens is 6. The van der Waals surface area contributed by atoms with Crippen LogP contribution in [0.3, 0.4) is 0 Å². The molecule has 0 spiro atoms. The van der Waals surface area contributed by atoms with Crippen molar-refractivity contribution in [2.45, 2.75) is 0 Å². The second kappa shape index (κ2) is 18.2. The molecule has 219 valence electrons. The number of hydrogen-bond donors (Lipinski definition) is 0. The molecule has 6 aromatic rings. The largest absolute Gasteiger partial charge is 0.870 e. The maximum Gasteiger partial charge on any atom is 0.0649 e. The van der Waals surface area contributed by atoms with Gasteiger partial charge in [-0.1, -0.05) is 52.1 Å². The van der Waals surface area contributed by atoms with Gasteiger partial charge in [0.1, 0.15) is 0 Å². The van der Waals surface area contributed by atoms with Crippen molar-refractivity contribution < 1.29 is 66.5 Å². The molecule has 0 N–H and O–H groups in total. The Labute approximate surface area is 328 Å². The van der Waals surface area contributed by atoms with Gasteiger partial charge in [-0.3, -0.25) is 15.0 Å². The van der Waals surface area contributed by atoms with Gasteiger partial charge in [-0.25, -0.2) is 0 Å². The van der Waals surface area contributed by atoms with Crippen LogP contribution in [0.1, 0.15) is 0 Å². The molecule has 3 aromatic carbocycles. The number of benzene rings is 3. The Morgan fingerprint density at radius 1 is 0.476 bits per heavy atom. The molecule has 6 rings (SSSR count). The van der Waals surface area contributed by atoms with Gasteiger partial charge in [-0.05, 0) is 122 Å². The number of fused-ring (bicyclic) bond motifs is 3. The van der Waals surface area contributed by atoms with E-state index in [-0.39, 0.29) is 68.5 Å². The summed E-state index contributed by atoms with van der Waals surface area (Å²) in [4.78, 5) is 12.0. The van der Waals surface area contributed by atoms with Crippen molar-refractivity contribution in [3.05, 3.63) is 99.0 Å². The summed E-state index contributed by atoms with van der Waals surface area (Å²) in [6.07, 6.45) is 4.78. The summed E-state index contributed by atoms with van der Waals surface area (Å²) in [6, 6.07) is 15.7. The zero-order valence-electron chi connectivity index (χ0n) is 20.4. The molecule has 0 unspecified atom stereocenters. The third kappa shape index (κ3) is 9.23. The third-order valence-corrected chi connectivity index (χ3v) is 8.59. The van der Waals surface area contributed by atoms with Crippen molar-refractivity contribution in [2.75, 3.05) is 0 Å². The Bertz CT molecular complexity index is 1640. The van der Waals surface area contributed by atoms with Gasteiger partial charge < -0.3 is 15.3 Å². The number of pyridine rings is 3. The third-order valence-electron chi connectivity index (χ3n) is 5.25. The smallest absolute Gasteiger partial charge is 0.0649 e. The van der Waals surface area contributed by atoms with Crippen LogP contribution in [0.5, 0.6) is 17.2 Å². The van der Waals surface area contributed by atoms with Crippen molar-refractivity contribution in [1.29, 1.82) is 0 Å². The normalized spacial score (nSPS) is 9.86. The molecule has 0 amide bonds. The number of hydrogen-bond acceptors (Lipinski definition) is 6. The van der Waals surface area contributed by atoms with Crippen LogP contribution in [0.4, 0.5) is 0 Å². The standard InChI is InChI=1S/3C9H5ClINO.3Mn/c3*10-6-4-7(11)9(13)8-5(6)2-1-3-12-8;;;/h3*1-4,13H;;;/p-3. The molecular weight excluding hydrogens is 1070 g/mol. The minimum absolute atomic E-state index is 0. The van der Waals surface area contributed by atoms with Crippen molar-refractivity contribution in [3.8, 4) is 17.2 Å². The first-order chi connectivity index (χ1) is 18.6. The van der Waals surface area contributed by atoms with Crippen LogP contribution in [-0.2, 0) is 51.2 Å². The molecular formula is C27H12Cl3I3Mn3N3O3-3. The molecule has 0 atom stereocenters. The molecule has 42 heavy (non-hydrogen) atoms. The fraction of sp³-hybridized carbons (Fsp3) is 0. The zero-order chi connectivity index (χ0) is 28.3. The second-order valence-corrected chi connectivity index (χ2v) is 12.4. The number of nitrogens with zero attached hydrogens (tertiary/aromatic N) is 3. The molecule has 3 aromatic heterocycles. The van der Waals surface area contributed by atoms with Crippen molar-refractivity contribution in [2.24, 2.45) is 0 Å². The molecule has 3 radical (unpaired) electrons. The van der Waals surface area contributed by atoms with Crippen LogP contribution in [0.25, 0.3) is 32.7 Å². The van der Waals surface area contributed by atoms with E-state index in [2.05, 4.69) is 15.0 Å².